The Morgan fingerprint density at radius 1 is 1.50 bits per heavy atom. The van der Waals surface area contributed by atoms with E-state index in [0.29, 0.717) is 10.6 Å². The predicted molar refractivity (Wildman–Crippen MR) is 53.1 cm³/mol. The topological polar surface area (TPSA) is 32.3 Å². The molecule has 0 unspecified atom stereocenters. The van der Waals surface area contributed by atoms with E-state index in [1.807, 2.05) is 0 Å². The molecule has 2 N–H and O–H groups in total. The van der Waals surface area contributed by atoms with Gasteiger partial charge in [0.1, 0.15) is 0 Å². The second-order valence-electron chi connectivity index (χ2n) is 3.47. The molecule has 14 heavy (non-hydrogen) atoms. The molecule has 2 rings (SSSR count). The molecule has 4 heteroatoms. The minimum Gasteiger partial charge on any atom is -0.505 e. The first-order valence-electron chi connectivity index (χ1n) is 4.60. The summed E-state index contributed by atoms with van der Waals surface area (Å²) in [7, 11) is 0. The van der Waals surface area contributed by atoms with Gasteiger partial charge in [0.05, 0.1) is 0 Å². The molecule has 1 fully saturated rings. The Bertz CT molecular complexity index is 350. The third kappa shape index (κ3) is 1.70. The molecule has 1 saturated heterocycles. The van der Waals surface area contributed by atoms with Crippen LogP contribution in [0.1, 0.15) is 24.4 Å². The number of rotatable bonds is 1. The Morgan fingerprint density at radius 2 is 2.29 bits per heavy atom. The van der Waals surface area contributed by atoms with E-state index in [1.54, 1.807) is 6.07 Å². The van der Waals surface area contributed by atoms with Crippen molar-refractivity contribution in [2.45, 2.75) is 18.9 Å². The molecule has 1 atom stereocenters. The summed E-state index contributed by atoms with van der Waals surface area (Å²) in [5.74, 6) is -0.935. The van der Waals surface area contributed by atoms with Gasteiger partial charge >= 0.3 is 0 Å². The van der Waals surface area contributed by atoms with Crippen molar-refractivity contribution in [3.8, 4) is 5.75 Å². The maximum Gasteiger partial charge on any atom is 0.166 e. The van der Waals surface area contributed by atoms with Crippen molar-refractivity contribution in [3.63, 3.8) is 0 Å². The normalized spacial score (nSPS) is 21.4. The monoisotopic (exact) mass is 215 g/mol. The number of halogens is 2. The molecular weight excluding hydrogens is 205 g/mol. The zero-order chi connectivity index (χ0) is 10.1. The van der Waals surface area contributed by atoms with Crippen LogP contribution in [0.4, 0.5) is 4.39 Å². The summed E-state index contributed by atoms with van der Waals surface area (Å²) in [6.45, 7) is 0.901. The van der Waals surface area contributed by atoms with E-state index in [4.69, 9.17) is 11.6 Å². The van der Waals surface area contributed by atoms with E-state index in [2.05, 4.69) is 5.32 Å². The van der Waals surface area contributed by atoms with E-state index in [-0.39, 0.29) is 11.8 Å². The molecule has 0 bridgehead atoms. The second kappa shape index (κ2) is 3.75. The fourth-order valence-electron chi connectivity index (χ4n) is 1.80. The quantitative estimate of drug-likeness (QED) is 0.755. The summed E-state index contributed by atoms with van der Waals surface area (Å²) in [6, 6.07) is 2.77. The average molecular weight is 216 g/mol. The highest BCUT2D eigenvalue weighted by atomic mass is 35.5. The van der Waals surface area contributed by atoms with Crippen molar-refractivity contribution in [1.82, 2.24) is 5.32 Å². The van der Waals surface area contributed by atoms with Gasteiger partial charge in [0.2, 0.25) is 0 Å². The fourth-order valence-corrected chi connectivity index (χ4v) is 2.01. The van der Waals surface area contributed by atoms with Gasteiger partial charge in [-0.15, -0.1) is 0 Å². The first kappa shape index (κ1) is 9.74. The molecule has 1 aromatic rings. The lowest BCUT2D eigenvalue weighted by molar-refractivity contribution is 0.417. The molecule has 0 aromatic heterocycles. The van der Waals surface area contributed by atoms with Crippen LogP contribution in [0, 0.1) is 5.82 Å². The Kier molecular flexibility index (Phi) is 2.61. The summed E-state index contributed by atoms with van der Waals surface area (Å²) in [4.78, 5) is 0. The summed E-state index contributed by atoms with van der Waals surface area (Å²) >= 11 is 5.72. The SMILES string of the molecule is Oc1c(F)cc(Cl)cc1[C@H]1CCCN1. The lowest BCUT2D eigenvalue weighted by Gasteiger charge is -2.13. The van der Waals surface area contributed by atoms with Gasteiger partial charge in [0, 0.05) is 16.6 Å². The van der Waals surface area contributed by atoms with Crippen molar-refractivity contribution >= 4 is 11.6 Å². The maximum absolute atomic E-state index is 13.1. The van der Waals surface area contributed by atoms with Crippen molar-refractivity contribution in [2.24, 2.45) is 0 Å². The second-order valence-corrected chi connectivity index (χ2v) is 3.91. The number of phenolic OH excluding ortho intramolecular Hbond substituents is 1. The van der Waals surface area contributed by atoms with Crippen LogP contribution in [-0.4, -0.2) is 11.7 Å². The summed E-state index contributed by atoms with van der Waals surface area (Å²) < 4.78 is 13.1. The molecule has 0 amide bonds. The van der Waals surface area contributed by atoms with Crippen LogP contribution in [0.5, 0.6) is 5.75 Å². The summed E-state index contributed by atoms with van der Waals surface area (Å²) in [6.07, 6.45) is 1.95. The molecule has 1 heterocycles. The van der Waals surface area contributed by atoms with Gasteiger partial charge in [-0.2, -0.15) is 0 Å². The number of hydrogen-bond donors (Lipinski definition) is 2. The lowest BCUT2D eigenvalue weighted by atomic mass is 10.0. The molecule has 1 aliphatic rings. The predicted octanol–water partition coefficient (Wildman–Crippen LogP) is 2.61. The average Bonchev–Trinajstić information content (AvgIpc) is 2.63. The van der Waals surface area contributed by atoms with E-state index < -0.39 is 5.82 Å². The molecule has 1 aliphatic heterocycles. The molecule has 76 valence electrons. The number of hydrogen-bond acceptors (Lipinski definition) is 2. The Hall–Kier alpha value is -0.800. The molecular formula is C10H11ClFNO. The third-order valence-corrected chi connectivity index (χ3v) is 2.71. The van der Waals surface area contributed by atoms with E-state index in [1.165, 1.54) is 0 Å². The summed E-state index contributed by atoms with van der Waals surface area (Å²) in [5.41, 5.74) is 0.563. The van der Waals surface area contributed by atoms with E-state index in [9.17, 15) is 9.50 Å². The standard InChI is InChI=1S/C10H11ClFNO/c11-6-4-7(9-2-1-3-13-9)10(14)8(12)5-6/h4-5,9,13-14H,1-3H2/t9-/m1/s1. The van der Waals surface area contributed by atoms with Crippen LogP contribution < -0.4 is 5.32 Å². The molecule has 0 radical (unpaired) electrons. The fraction of sp³-hybridized carbons (Fsp3) is 0.400. The number of aromatic hydroxyl groups is 1. The Morgan fingerprint density at radius 3 is 2.93 bits per heavy atom. The van der Waals surface area contributed by atoms with Crippen molar-refractivity contribution < 1.29 is 9.50 Å². The van der Waals surface area contributed by atoms with Gasteiger partial charge in [0.25, 0.3) is 0 Å². The minimum absolute atomic E-state index is 0.0307. The zero-order valence-electron chi connectivity index (χ0n) is 7.56. The smallest absolute Gasteiger partial charge is 0.166 e. The van der Waals surface area contributed by atoms with Crippen LogP contribution in [0.25, 0.3) is 0 Å². The summed E-state index contributed by atoms with van der Waals surface area (Å²) in [5, 5.41) is 13.0. The van der Waals surface area contributed by atoms with E-state index in [0.717, 1.165) is 25.5 Å². The minimum atomic E-state index is -0.652. The third-order valence-electron chi connectivity index (χ3n) is 2.49. The highest BCUT2D eigenvalue weighted by Crippen LogP contribution is 2.34. The Labute approximate surface area is 86.7 Å². The highest BCUT2D eigenvalue weighted by molar-refractivity contribution is 6.30. The number of phenols is 1. The van der Waals surface area contributed by atoms with Gasteiger partial charge in [-0.1, -0.05) is 11.6 Å². The van der Waals surface area contributed by atoms with Crippen LogP contribution in [0.15, 0.2) is 12.1 Å². The maximum atomic E-state index is 13.1. The van der Waals surface area contributed by atoms with Crippen molar-refractivity contribution in [2.75, 3.05) is 6.54 Å². The molecule has 0 saturated carbocycles. The first-order chi connectivity index (χ1) is 6.68. The van der Waals surface area contributed by atoms with Gasteiger partial charge in [0.15, 0.2) is 11.6 Å². The molecule has 0 aliphatic carbocycles. The van der Waals surface area contributed by atoms with Gasteiger partial charge in [-0.05, 0) is 31.5 Å². The van der Waals surface area contributed by atoms with Crippen molar-refractivity contribution in [1.29, 1.82) is 0 Å². The van der Waals surface area contributed by atoms with Gasteiger partial charge in [-0.25, -0.2) is 4.39 Å². The van der Waals surface area contributed by atoms with Crippen LogP contribution >= 0.6 is 11.6 Å². The number of nitrogens with one attached hydrogen (secondary N) is 1. The van der Waals surface area contributed by atoms with Crippen LogP contribution in [-0.2, 0) is 0 Å². The first-order valence-corrected chi connectivity index (χ1v) is 4.97. The van der Waals surface area contributed by atoms with Crippen molar-refractivity contribution in [3.05, 3.63) is 28.5 Å². The van der Waals surface area contributed by atoms with Crippen LogP contribution in [0.2, 0.25) is 5.02 Å². The molecule has 2 nitrogen and oxygen atoms in total. The van der Waals surface area contributed by atoms with Crippen LogP contribution in [0.3, 0.4) is 0 Å². The molecule has 0 spiro atoms. The number of benzene rings is 1. The van der Waals surface area contributed by atoms with E-state index >= 15 is 0 Å². The Balaban J connectivity index is 2.40. The lowest BCUT2D eigenvalue weighted by Crippen LogP contribution is -2.13. The largest absolute Gasteiger partial charge is 0.505 e. The highest BCUT2D eigenvalue weighted by Gasteiger charge is 2.21. The zero-order valence-corrected chi connectivity index (χ0v) is 8.31. The van der Waals surface area contributed by atoms with Gasteiger partial charge < -0.3 is 10.4 Å². The van der Waals surface area contributed by atoms with Gasteiger partial charge in [-0.3, -0.25) is 0 Å². The molecule has 1 aromatic carbocycles.